The number of likely N-dealkylation sites (N-methyl/N-ethyl adjacent to an activating group) is 1. The van der Waals surface area contributed by atoms with Crippen LogP contribution in [0.2, 0.25) is 0 Å². The summed E-state index contributed by atoms with van der Waals surface area (Å²) in [5.41, 5.74) is 1.41. The van der Waals surface area contributed by atoms with Gasteiger partial charge in [0.15, 0.2) is 5.13 Å². The number of rotatable bonds is 5. The van der Waals surface area contributed by atoms with E-state index in [9.17, 15) is 0 Å². The molecule has 1 aromatic heterocycles. The lowest BCUT2D eigenvalue weighted by atomic mass is 10.2. The lowest BCUT2D eigenvalue weighted by Gasteiger charge is -2.37. The fourth-order valence-corrected chi connectivity index (χ4v) is 4.17. The lowest BCUT2D eigenvalue weighted by molar-refractivity contribution is 0.234. The number of nitrogens with one attached hydrogen (secondary N) is 1. The molecule has 21 heavy (non-hydrogen) atoms. The minimum atomic E-state index is 0.625. The minimum absolute atomic E-state index is 0.625. The molecule has 1 unspecified atom stereocenters. The van der Waals surface area contributed by atoms with E-state index in [1.54, 1.807) is 0 Å². The summed E-state index contributed by atoms with van der Waals surface area (Å²) in [4.78, 5) is 11.5. The van der Waals surface area contributed by atoms with Crippen molar-refractivity contribution >= 4 is 16.5 Å². The third-order valence-electron chi connectivity index (χ3n) is 5.04. The van der Waals surface area contributed by atoms with Crippen molar-refractivity contribution in [1.29, 1.82) is 0 Å². The van der Waals surface area contributed by atoms with Crippen molar-refractivity contribution in [1.82, 2.24) is 15.2 Å². The Labute approximate surface area is 131 Å². The van der Waals surface area contributed by atoms with Crippen LogP contribution in [0.15, 0.2) is 0 Å². The number of thiazole rings is 1. The first-order valence-corrected chi connectivity index (χ1v) is 9.20. The molecule has 116 valence electrons. The van der Waals surface area contributed by atoms with Crippen molar-refractivity contribution in [3.63, 3.8) is 0 Å². The Bertz CT molecular complexity index is 506. The first-order valence-electron chi connectivity index (χ1n) is 8.39. The summed E-state index contributed by atoms with van der Waals surface area (Å²) in [5, 5.41) is 4.94. The van der Waals surface area contributed by atoms with Crippen LogP contribution in [-0.2, 0) is 6.54 Å². The molecule has 1 aromatic rings. The summed E-state index contributed by atoms with van der Waals surface area (Å²) in [6.07, 6.45) is 5.41. The molecule has 2 aliphatic carbocycles. The van der Waals surface area contributed by atoms with Gasteiger partial charge in [0.2, 0.25) is 0 Å². The molecule has 0 amide bonds. The maximum Gasteiger partial charge on any atom is 0.185 e. The van der Waals surface area contributed by atoms with Crippen molar-refractivity contribution < 1.29 is 0 Å². The molecule has 3 fully saturated rings. The van der Waals surface area contributed by atoms with Gasteiger partial charge in [-0.2, -0.15) is 0 Å². The van der Waals surface area contributed by atoms with Crippen LogP contribution in [0.1, 0.15) is 49.1 Å². The number of hydrogen-bond donors (Lipinski definition) is 1. The SMILES string of the molecule is CC1CN(c2nc(C3CC3)c(CNC3CC3)s2)CCN1C. The predicted octanol–water partition coefficient (Wildman–Crippen LogP) is 2.41. The second-order valence-electron chi connectivity index (χ2n) is 7.01. The maximum absolute atomic E-state index is 5.04. The molecule has 0 aromatic carbocycles. The van der Waals surface area contributed by atoms with E-state index in [0.29, 0.717) is 6.04 Å². The Morgan fingerprint density at radius 2 is 2.05 bits per heavy atom. The van der Waals surface area contributed by atoms with Crippen molar-refractivity contribution in [2.45, 2.75) is 57.2 Å². The average molecular weight is 306 g/mol. The Morgan fingerprint density at radius 3 is 2.71 bits per heavy atom. The van der Waals surface area contributed by atoms with Gasteiger partial charge in [-0.1, -0.05) is 0 Å². The van der Waals surface area contributed by atoms with E-state index in [1.807, 2.05) is 11.3 Å². The highest BCUT2D eigenvalue weighted by molar-refractivity contribution is 7.15. The second kappa shape index (κ2) is 5.52. The van der Waals surface area contributed by atoms with E-state index in [1.165, 1.54) is 41.4 Å². The van der Waals surface area contributed by atoms with Gasteiger partial charge in [0.05, 0.1) is 5.69 Å². The van der Waals surface area contributed by atoms with Crippen molar-refractivity contribution in [2.24, 2.45) is 0 Å². The molecule has 3 aliphatic rings. The minimum Gasteiger partial charge on any atom is -0.345 e. The van der Waals surface area contributed by atoms with Crippen molar-refractivity contribution in [3.05, 3.63) is 10.6 Å². The van der Waals surface area contributed by atoms with Gasteiger partial charge in [-0.25, -0.2) is 4.98 Å². The third-order valence-corrected chi connectivity index (χ3v) is 6.17. The zero-order valence-corrected chi connectivity index (χ0v) is 14.0. The van der Waals surface area contributed by atoms with Crippen molar-refractivity contribution in [2.75, 3.05) is 31.6 Å². The lowest BCUT2D eigenvalue weighted by Crippen LogP contribution is -2.50. The summed E-state index contributed by atoms with van der Waals surface area (Å²) in [6, 6.07) is 1.41. The van der Waals surface area contributed by atoms with Crippen LogP contribution in [0.4, 0.5) is 5.13 Å². The number of hydrogen-bond acceptors (Lipinski definition) is 5. The smallest absolute Gasteiger partial charge is 0.185 e. The van der Waals surface area contributed by atoms with Crippen LogP contribution >= 0.6 is 11.3 Å². The molecule has 5 heteroatoms. The van der Waals surface area contributed by atoms with Gasteiger partial charge in [0.1, 0.15) is 0 Å². The Balaban J connectivity index is 1.50. The molecule has 1 saturated heterocycles. The van der Waals surface area contributed by atoms with Crippen LogP contribution in [0.5, 0.6) is 0 Å². The molecule has 2 heterocycles. The monoisotopic (exact) mass is 306 g/mol. The van der Waals surface area contributed by atoms with Gasteiger partial charge in [-0.05, 0) is 39.7 Å². The van der Waals surface area contributed by atoms with E-state index in [0.717, 1.165) is 38.1 Å². The first kappa shape index (κ1) is 14.0. The fraction of sp³-hybridized carbons (Fsp3) is 0.812. The molecule has 1 N–H and O–H groups in total. The first-order chi connectivity index (χ1) is 10.2. The molecule has 1 atom stereocenters. The molecular formula is C16H26N4S. The van der Waals surface area contributed by atoms with Gasteiger partial charge in [-0.15, -0.1) is 11.3 Å². The Morgan fingerprint density at radius 1 is 1.24 bits per heavy atom. The zero-order chi connectivity index (χ0) is 14.4. The van der Waals surface area contributed by atoms with Crippen LogP contribution in [0.25, 0.3) is 0 Å². The molecule has 0 bridgehead atoms. The van der Waals surface area contributed by atoms with E-state index in [4.69, 9.17) is 4.98 Å². The highest BCUT2D eigenvalue weighted by Crippen LogP contribution is 2.44. The van der Waals surface area contributed by atoms with Crippen LogP contribution < -0.4 is 10.2 Å². The molecule has 0 spiro atoms. The third kappa shape index (κ3) is 3.10. The molecule has 4 nitrogen and oxygen atoms in total. The second-order valence-corrected chi connectivity index (χ2v) is 8.07. The van der Waals surface area contributed by atoms with Crippen LogP contribution in [0, 0.1) is 0 Å². The van der Waals surface area contributed by atoms with Crippen LogP contribution in [-0.4, -0.2) is 48.6 Å². The summed E-state index contributed by atoms with van der Waals surface area (Å²) in [6.45, 7) is 6.74. The van der Waals surface area contributed by atoms with Gasteiger partial charge >= 0.3 is 0 Å². The number of piperazine rings is 1. The van der Waals surface area contributed by atoms with E-state index in [2.05, 4.69) is 29.1 Å². The predicted molar refractivity (Wildman–Crippen MR) is 88.3 cm³/mol. The summed E-state index contributed by atoms with van der Waals surface area (Å²) >= 11 is 1.94. The molecule has 2 saturated carbocycles. The number of aromatic nitrogens is 1. The molecular weight excluding hydrogens is 280 g/mol. The standard InChI is InChI=1S/C16H26N4S/c1-11-10-20(8-7-19(11)2)16-18-15(12-3-4-12)14(21-16)9-17-13-5-6-13/h11-13,17H,3-10H2,1-2H3. The van der Waals surface area contributed by atoms with Gasteiger partial charge in [0, 0.05) is 49.1 Å². The van der Waals surface area contributed by atoms with Gasteiger partial charge in [-0.3, -0.25) is 0 Å². The average Bonchev–Trinajstić information content (AvgIpc) is 3.39. The zero-order valence-electron chi connectivity index (χ0n) is 13.1. The summed E-state index contributed by atoms with van der Waals surface area (Å²) in [5.74, 6) is 0.760. The topological polar surface area (TPSA) is 31.4 Å². The van der Waals surface area contributed by atoms with Gasteiger partial charge in [0.25, 0.3) is 0 Å². The number of anilines is 1. The maximum atomic E-state index is 5.04. The number of nitrogens with zero attached hydrogens (tertiary/aromatic N) is 3. The van der Waals surface area contributed by atoms with E-state index >= 15 is 0 Å². The van der Waals surface area contributed by atoms with Gasteiger partial charge < -0.3 is 15.1 Å². The summed E-state index contributed by atoms with van der Waals surface area (Å²) in [7, 11) is 2.23. The fourth-order valence-electron chi connectivity index (χ4n) is 3.04. The Kier molecular flexibility index (Phi) is 3.67. The van der Waals surface area contributed by atoms with E-state index < -0.39 is 0 Å². The highest BCUT2D eigenvalue weighted by Gasteiger charge is 2.32. The molecule has 0 radical (unpaired) electrons. The molecule has 1 aliphatic heterocycles. The largest absolute Gasteiger partial charge is 0.345 e. The Hall–Kier alpha value is -0.650. The quantitative estimate of drug-likeness (QED) is 0.905. The van der Waals surface area contributed by atoms with Crippen LogP contribution in [0.3, 0.4) is 0 Å². The van der Waals surface area contributed by atoms with Crippen molar-refractivity contribution in [3.8, 4) is 0 Å². The normalized spacial score (nSPS) is 27.3. The highest BCUT2D eigenvalue weighted by atomic mass is 32.1. The van der Waals surface area contributed by atoms with E-state index in [-0.39, 0.29) is 0 Å². The molecule has 4 rings (SSSR count). The summed E-state index contributed by atoms with van der Waals surface area (Å²) < 4.78 is 0.